The fourth-order valence-corrected chi connectivity index (χ4v) is 5.02. The van der Waals surface area contributed by atoms with Gasteiger partial charge in [-0.2, -0.15) is 0 Å². The summed E-state index contributed by atoms with van der Waals surface area (Å²) < 4.78 is 0. The first-order chi connectivity index (χ1) is 11.1. The fourth-order valence-electron chi connectivity index (χ4n) is 5.02. The Morgan fingerprint density at radius 1 is 1.09 bits per heavy atom. The second kappa shape index (κ2) is 5.38. The molecule has 3 atom stereocenters. The summed E-state index contributed by atoms with van der Waals surface area (Å²) in [6.07, 6.45) is 1.23. The van der Waals surface area contributed by atoms with E-state index in [4.69, 9.17) is 5.73 Å². The van der Waals surface area contributed by atoms with Crippen LogP contribution in [0.25, 0.3) is 0 Å². The number of nitrogens with two attached hydrogens (primary N) is 1. The second-order valence-electron chi connectivity index (χ2n) is 7.42. The standard InChI is InChI=1S/C21H26N2/c1-3-21(17-9-15(2)10-18(22)11-17)19-13-23(14-20(19)21)12-16-7-5-4-6-8-16/h4-11,19-20H,3,12-14,22H2,1-2H3/t19-,20+,21?. The zero-order valence-electron chi connectivity index (χ0n) is 14.1. The Hall–Kier alpha value is -1.80. The zero-order valence-corrected chi connectivity index (χ0v) is 14.1. The number of likely N-dealkylation sites (tertiary alicyclic amines) is 1. The van der Waals surface area contributed by atoms with Crippen LogP contribution >= 0.6 is 0 Å². The maximum absolute atomic E-state index is 6.11. The van der Waals surface area contributed by atoms with E-state index in [1.807, 2.05) is 0 Å². The van der Waals surface area contributed by atoms with Crippen LogP contribution in [-0.4, -0.2) is 18.0 Å². The van der Waals surface area contributed by atoms with Crippen molar-refractivity contribution in [1.29, 1.82) is 0 Å². The molecule has 2 fully saturated rings. The number of aryl methyl sites for hydroxylation is 1. The minimum absolute atomic E-state index is 0.382. The molecule has 2 aromatic carbocycles. The summed E-state index contributed by atoms with van der Waals surface area (Å²) in [5, 5.41) is 0. The quantitative estimate of drug-likeness (QED) is 0.866. The minimum Gasteiger partial charge on any atom is -0.399 e. The summed E-state index contributed by atoms with van der Waals surface area (Å²) in [7, 11) is 0. The van der Waals surface area contributed by atoms with Crippen LogP contribution < -0.4 is 5.73 Å². The molecule has 0 aromatic heterocycles. The minimum atomic E-state index is 0.382. The molecule has 4 rings (SSSR count). The molecular weight excluding hydrogens is 280 g/mol. The molecule has 1 unspecified atom stereocenters. The molecule has 1 saturated heterocycles. The lowest BCUT2D eigenvalue weighted by molar-refractivity contribution is 0.262. The largest absolute Gasteiger partial charge is 0.399 e. The lowest BCUT2D eigenvalue weighted by Crippen LogP contribution is -2.29. The number of hydrogen-bond donors (Lipinski definition) is 1. The van der Waals surface area contributed by atoms with Crippen molar-refractivity contribution < 1.29 is 0 Å². The van der Waals surface area contributed by atoms with Crippen molar-refractivity contribution in [2.75, 3.05) is 18.8 Å². The second-order valence-corrected chi connectivity index (χ2v) is 7.42. The lowest BCUT2D eigenvalue weighted by Gasteiger charge is -2.27. The van der Waals surface area contributed by atoms with E-state index in [0.29, 0.717) is 5.41 Å². The molecule has 2 nitrogen and oxygen atoms in total. The van der Waals surface area contributed by atoms with Gasteiger partial charge in [0.25, 0.3) is 0 Å². The number of piperidine rings is 1. The first-order valence-electron chi connectivity index (χ1n) is 8.77. The molecule has 2 aliphatic rings. The molecule has 23 heavy (non-hydrogen) atoms. The maximum atomic E-state index is 6.11. The van der Waals surface area contributed by atoms with Crippen LogP contribution in [0.2, 0.25) is 0 Å². The van der Waals surface area contributed by atoms with E-state index in [0.717, 1.165) is 24.1 Å². The van der Waals surface area contributed by atoms with Crippen molar-refractivity contribution in [3.8, 4) is 0 Å². The number of nitrogens with zero attached hydrogens (tertiary/aromatic N) is 1. The van der Waals surface area contributed by atoms with Crippen LogP contribution in [0.5, 0.6) is 0 Å². The van der Waals surface area contributed by atoms with Gasteiger partial charge in [-0.25, -0.2) is 0 Å². The average molecular weight is 306 g/mol. The van der Waals surface area contributed by atoms with E-state index < -0.39 is 0 Å². The van der Waals surface area contributed by atoms with Gasteiger partial charge in [0.2, 0.25) is 0 Å². The van der Waals surface area contributed by atoms with Crippen molar-refractivity contribution >= 4 is 5.69 Å². The predicted octanol–water partition coefficient (Wildman–Crippen LogP) is 3.99. The molecule has 1 aliphatic heterocycles. The molecule has 0 radical (unpaired) electrons. The average Bonchev–Trinajstić information content (AvgIpc) is 2.92. The Labute approximate surface area is 139 Å². The van der Waals surface area contributed by atoms with E-state index in [1.54, 1.807) is 0 Å². The SMILES string of the molecule is CCC1(c2cc(C)cc(N)c2)[C@@H]2CN(Cc3ccccc3)C[C@@H]21. The Morgan fingerprint density at radius 3 is 2.39 bits per heavy atom. The highest BCUT2D eigenvalue weighted by Gasteiger charge is 2.67. The van der Waals surface area contributed by atoms with Gasteiger partial charge in [-0.1, -0.05) is 43.3 Å². The van der Waals surface area contributed by atoms with Crippen LogP contribution in [-0.2, 0) is 12.0 Å². The molecule has 120 valence electrons. The van der Waals surface area contributed by atoms with Gasteiger partial charge in [0.15, 0.2) is 0 Å². The number of hydrogen-bond acceptors (Lipinski definition) is 2. The number of nitrogen functional groups attached to an aromatic ring is 1. The summed E-state index contributed by atoms with van der Waals surface area (Å²) >= 11 is 0. The number of fused-ring (bicyclic) bond motifs is 1. The van der Waals surface area contributed by atoms with Crippen LogP contribution in [0.3, 0.4) is 0 Å². The Morgan fingerprint density at radius 2 is 1.78 bits per heavy atom. The molecule has 0 amide bonds. The summed E-state index contributed by atoms with van der Waals surface area (Å²) in [6.45, 7) is 8.04. The molecule has 1 heterocycles. The third-order valence-corrected chi connectivity index (χ3v) is 6.08. The van der Waals surface area contributed by atoms with Gasteiger partial charge in [-0.3, -0.25) is 4.90 Å². The topological polar surface area (TPSA) is 29.3 Å². The third kappa shape index (κ3) is 2.36. The van der Waals surface area contributed by atoms with Crippen molar-refractivity contribution in [3.05, 3.63) is 65.2 Å². The van der Waals surface area contributed by atoms with Gasteiger partial charge in [0, 0.05) is 30.7 Å². The van der Waals surface area contributed by atoms with Gasteiger partial charge >= 0.3 is 0 Å². The van der Waals surface area contributed by atoms with Gasteiger partial charge in [-0.15, -0.1) is 0 Å². The van der Waals surface area contributed by atoms with E-state index in [9.17, 15) is 0 Å². The number of benzene rings is 2. The number of rotatable bonds is 4. The number of anilines is 1. The summed E-state index contributed by atoms with van der Waals surface area (Å²) in [4.78, 5) is 2.62. The molecular formula is C21H26N2. The molecule has 2 heteroatoms. The molecule has 0 spiro atoms. The monoisotopic (exact) mass is 306 g/mol. The van der Waals surface area contributed by atoms with Crippen LogP contribution in [0, 0.1) is 18.8 Å². The normalized spacial score (nSPS) is 29.5. The Kier molecular flexibility index (Phi) is 3.46. The van der Waals surface area contributed by atoms with Crippen molar-refractivity contribution in [3.63, 3.8) is 0 Å². The van der Waals surface area contributed by atoms with Crippen LogP contribution in [0.1, 0.15) is 30.0 Å². The van der Waals surface area contributed by atoms with E-state index in [2.05, 4.69) is 67.3 Å². The predicted molar refractivity (Wildman–Crippen MR) is 96.3 cm³/mol. The summed E-state index contributed by atoms with van der Waals surface area (Å²) in [6, 6.07) is 17.5. The fraction of sp³-hybridized carbons (Fsp3) is 0.429. The van der Waals surface area contributed by atoms with E-state index >= 15 is 0 Å². The van der Waals surface area contributed by atoms with Gasteiger partial charge < -0.3 is 5.73 Å². The Bertz CT molecular complexity index is 675. The highest BCUT2D eigenvalue weighted by molar-refractivity contribution is 5.50. The first-order valence-corrected chi connectivity index (χ1v) is 8.77. The van der Waals surface area contributed by atoms with Crippen molar-refractivity contribution in [2.24, 2.45) is 11.8 Å². The maximum Gasteiger partial charge on any atom is 0.0319 e. The first kappa shape index (κ1) is 14.8. The lowest BCUT2D eigenvalue weighted by atomic mass is 9.86. The van der Waals surface area contributed by atoms with Crippen LogP contribution in [0.4, 0.5) is 5.69 Å². The van der Waals surface area contributed by atoms with E-state index in [-0.39, 0.29) is 0 Å². The van der Waals surface area contributed by atoms with Gasteiger partial charge in [0.1, 0.15) is 0 Å². The van der Waals surface area contributed by atoms with Gasteiger partial charge in [-0.05, 0) is 54.0 Å². The smallest absolute Gasteiger partial charge is 0.0319 e. The molecule has 2 N–H and O–H groups in total. The van der Waals surface area contributed by atoms with Crippen molar-refractivity contribution in [1.82, 2.24) is 4.90 Å². The zero-order chi connectivity index (χ0) is 16.0. The summed E-state index contributed by atoms with van der Waals surface area (Å²) in [5.41, 5.74) is 11.6. The van der Waals surface area contributed by atoms with Gasteiger partial charge in [0.05, 0.1) is 0 Å². The Balaban J connectivity index is 1.51. The van der Waals surface area contributed by atoms with Crippen LogP contribution in [0.15, 0.2) is 48.5 Å². The third-order valence-electron chi connectivity index (χ3n) is 6.08. The van der Waals surface area contributed by atoms with E-state index in [1.165, 1.54) is 36.2 Å². The molecule has 2 aromatic rings. The molecule has 1 saturated carbocycles. The highest BCUT2D eigenvalue weighted by atomic mass is 15.2. The molecule has 1 aliphatic carbocycles. The molecule has 0 bridgehead atoms. The summed E-state index contributed by atoms with van der Waals surface area (Å²) in [5.74, 6) is 1.61. The highest BCUT2D eigenvalue weighted by Crippen LogP contribution is 2.65. The van der Waals surface area contributed by atoms with Crippen molar-refractivity contribution in [2.45, 2.75) is 32.2 Å².